The van der Waals surface area contributed by atoms with Gasteiger partial charge >= 0.3 is 0 Å². The first-order valence-corrected chi connectivity index (χ1v) is 10.3. The summed E-state index contributed by atoms with van der Waals surface area (Å²) in [5.41, 5.74) is 1.99. The molecule has 1 aromatic heterocycles. The lowest BCUT2D eigenvalue weighted by Gasteiger charge is -2.34. The van der Waals surface area contributed by atoms with Gasteiger partial charge in [0.25, 0.3) is 17.3 Å². The van der Waals surface area contributed by atoms with Crippen LogP contribution in [-0.2, 0) is 6.54 Å². The van der Waals surface area contributed by atoms with E-state index >= 15 is 0 Å². The molecule has 33 heavy (non-hydrogen) atoms. The number of carbonyl (C=O) groups is 1. The van der Waals surface area contributed by atoms with Crippen LogP contribution < -0.4 is 0 Å². The van der Waals surface area contributed by atoms with Crippen LogP contribution in [0.3, 0.4) is 0 Å². The minimum absolute atomic E-state index is 0.0589. The molecule has 1 aliphatic rings. The zero-order valence-electron chi connectivity index (χ0n) is 17.8. The van der Waals surface area contributed by atoms with Gasteiger partial charge in [-0.05, 0) is 18.6 Å². The monoisotopic (exact) mass is 451 g/mol. The number of amides is 1. The Bertz CT molecular complexity index is 1220. The van der Waals surface area contributed by atoms with Gasteiger partial charge < -0.3 is 4.90 Å². The standard InChI is InChI=1S/C21H21N7O5/c1-15-20(22-23-26(15)17-5-3-7-19(13-17)28(32)33)21(29)25-10-8-24(9-11-25)14-16-4-2-6-18(12-16)27(30)31/h2-7,12-13H,8-11,14H2,1H3. The summed E-state index contributed by atoms with van der Waals surface area (Å²) in [6.45, 7) is 4.46. The summed E-state index contributed by atoms with van der Waals surface area (Å²) in [7, 11) is 0. The molecule has 0 unspecified atom stereocenters. The number of hydrogen-bond donors (Lipinski definition) is 0. The summed E-state index contributed by atoms with van der Waals surface area (Å²) in [6, 6.07) is 12.5. The van der Waals surface area contributed by atoms with Gasteiger partial charge in [0.1, 0.15) is 0 Å². The Balaban J connectivity index is 1.41. The van der Waals surface area contributed by atoms with Crippen molar-refractivity contribution >= 4 is 17.3 Å². The molecular weight excluding hydrogens is 430 g/mol. The molecular formula is C21H21N7O5. The van der Waals surface area contributed by atoms with Crippen LogP contribution in [0.5, 0.6) is 0 Å². The summed E-state index contributed by atoms with van der Waals surface area (Å²) in [5.74, 6) is -0.251. The summed E-state index contributed by atoms with van der Waals surface area (Å²) in [4.78, 5) is 38.0. The molecule has 1 aliphatic heterocycles. The highest BCUT2D eigenvalue weighted by Crippen LogP contribution is 2.20. The predicted molar refractivity (Wildman–Crippen MR) is 117 cm³/mol. The highest BCUT2D eigenvalue weighted by Gasteiger charge is 2.27. The van der Waals surface area contributed by atoms with Crippen LogP contribution in [0.1, 0.15) is 21.7 Å². The largest absolute Gasteiger partial charge is 0.335 e. The second kappa shape index (κ2) is 9.12. The van der Waals surface area contributed by atoms with E-state index in [2.05, 4.69) is 15.2 Å². The second-order valence-electron chi connectivity index (χ2n) is 7.71. The molecule has 0 bridgehead atoms. The fourth-order valence-corrected chi connectivity index (χ4v) is 3.80. The van der Waals surface area contributed by atoms with Crippen LogP contribution in [0, 0.1) is 27.2 Å². The normalized spacial score (nSPS) is 14.3. The van der Waals surface area contributed by atoms with E-state index in [1.54, 1.807) is 36.1 Å². The molecule has 0 N–H and O–H groups in total. The minimum Gasteiger partial charge on any atom is -0.335 e. The molecule has 1 amide bonds. The number of aromatic nitrogens is 3. The fourth-order valence-electron chi connectivity index (χ4n) is 3.80. The molecule has 0 radical (unpaired) electrons. The maximum atomic E-state index is 13.0. The highest BCUT2D eigenvalue weighted by atomic mass is 16.6. The first-order chi connectivity index (χ1) is 15.8. The van der Waals surface area contributed by atoms with Gasteiger partial charge in [-0.2, -0.15) is 0 Å². The Labute approximate surface area is 188 Å². The van der Waals surface area contributed by atoms with Crippen LogP contribution in [0.25, 0.3) is 5.69 Å². The van der Waals surface area contributed by atoms with Crippen molar-refractivity contribution in [3.05, 3.63) is 85.7 Å². The molecule has 0 aliphatic carbocycles. The van der Waals surface area contributed by atoms with Gasteiger partial charge in [-0.15, -0.1) is 5.10 Å². The van der Waals surface area contributed by atoms with Crippen molar-refractivity contribution in [2.45, 2.75) is 13.5 Å². The molecule has 1 saturated heterocycles. The van der Waals surface area contributed by atoms with E-state index in [0.717, 1.165) is 5.56 Å². The summed E-state index contributed by atoms with van der Waals surface area (Å²) in [5, 5.41) is 30.1. The second-order valence-corrected chi connectivity index (χ2v) is 7.71. The molecule has 0 spiro atoms. The van der Waals surface area contributed by atoms with Gasteiger partial charge in [0.05, 0.1) is 21.2 Å². The number of carbonyl (C=O) groups excluding carboxylic acids is 1. The van der Waals surface area contributed by atoms with Gasteiger partial charge in [0.2, 0.25) is 0 Å². The fraction of sp³-hybridized carbons (Fsp3) is 0.286. The molecule has 170 valence electrons. The van der Waals surface area contributed by atoms with E-state index < -0.39 is 9.85 Å². The van der Waals surface area contributed by atoms with Crippen molar-refractivity contribution in [2.24, 2.45) is 0 Å². The van der Waals surface area contributed by atoms with Crippen LogP contribution in [0.2, 0.25) is 0 Å². The van der Waals surface area contributed by atoms with Crippen LogP contribution in [0.4, 0.5) is 11.4 Å². The summed E-state index contributed by atoms with van der Waals surface area (Å²) >= 11 is 0. The molecule has 12 heteroatoms. The maximum absolute atomic E-state index is 13.0. The van der Waals surface area contributed by atoms with Crippen LogP contribution >= 0.6 is 0 Å². The number of nitrogens with zero attached hydrogens (tertiary/aromatic N) is 7. The number of benzene rings is 2. The van der Waals surface area contributed by atoms with Gasteiger partial charge in [0, 0.05) is 57.0 Å². The SMILES string of the molecule is Cc1c(C(=O)N2CCN(Cc3cccc([N+](=O)[O-])c3)CC2)nnn1-c1cccc([N+](=O)[O-])c1. The lowest BCUT2D eigenvalue weighted by molar-refractivity contribution is -0.385. The average molecular weight is 451 g/mol. The van der Waals surface area contributed by atoms with Gasteiger partial charge in [0.15, 0.2) is 5.69 Å². The van der Waals surface area contributed by atoms with E-state index in [1.165, 1.54) is 22.9 Å². The first-order valence-electron chi connectivity index (χ1n) is 10.3. The van der Waals surface area contributed by atoms with Gasteiger partial charge in [-0.25, -0.2) is 4.68 Å². The third-order valence-electron chi connectivity index (χ3n) is 5.57. The third kappa shape index (κ3) is 4.70. The summed E-state index contributed by atoms with van der Waals surface area (Å²) < 4.78 is 1.42. The molecule has 4 rings (SSSR count). The van der Waals surface area contributed by atoms with E-state index in [0.29, 0.717) is 44.1 Å². The lowest BCUT2D eigenvalue weighted by atomic mass is 10.1. The first kappa shape index (κ1) is 22.0. The number of nitro benzene ring substituents is 2. The van der Waals surface area contributed by atoms with Crippen molar-refractivity contribution in [3.8, 4) is 5.69 Å². The Kier molecular flexibility index (Phi) is 6.09. The van der Waals surface area contributed by atoms with Crippen molar-refractivity contribution in [3.63, 3.8) is 0 Å². The molecule has 12 nitrogen and oxygen atoms in total. The predicted octanol–water partition coefficient (Wildman–Crippen LogP) is 2.35. The van der Waals surface area contributed by atoms with Crippen molar-refractivity contribution < 1.29 is 14.6 Å². The average Bonchev–Trinajstić information content (AvgIpc) is 3.20. The van der Waals surface area contributed by atoms with E-state index in [1.807, 2.05) is 6.07 Å². The maximum Gasteiger partial charge on any atom is 0.276 e. The van der Waals surface area contributed by atoms with E-state index in [-0.39, 0.29) is 23.0 Å². The van der Waals surface area contributed by atoms with Gasteiger partial charge in [-0.1, -0.05) is 23.4 Å². The summed E-state index contributed by atoms with van der Waals surface area (Å²) in [6.07, 6.45) is 0. The number of piperazine rings is 1. The van der Waals surface area contributed by atoms with Crippen molar-refractivity contribution in [2.75, 3.05) is 26.2 Å². The molecule has 0 saturated carbocycles. The number of rotatable bonds is 6. The quantitative estimate of drug-likeness (QED) is 0.411. The number of hydrogen-bond acceptors (Lipinski definition) is 8. The van der Waals surface area contributed by atoms with Crippen LogP contribution in [0.15, 0.2) is 48.5 Å². The Morgan fingerprint density at radius 3 is 2.27 bits per heavy atom. The topological polar surface area (TPSA) is 141 Å². The van der Waals surface area contributed by atoms with Crippen LogP contribution in [-0.4, -0.2) is 66.7 Å². The Hall–Kier alpha value is -4.19. The molecule has 3 aromatic rings. The van der Waals surface area contributed by atoms with E-state index in [4.69, 9.17) is 0 Å². The lowest BCUT2D eigenvalue weighted by Crippen LogP contribution is -2.48. The van der Waals surface area contributed by atoms with E-state index in [9.17, 15) is 25.0 Å². The molecule has 2 aromatic carbocycles. The molecule has 1 fully saturated rings. The van der Waals surface area contributed by atoms with Crippen molar-refractivity contribution in [1.82, 2.24) is 24.8 Å². The van der Waals surface area contributed by atoms with Crippen molar-refractivity contribution in [1.29, 1.82) is 0 Å². The number of nitro groups is 2. The third-order valence-corrected chi connectivity index (χ3v) is 5.57. The van der Waals surface area contributed by atoms with Gasteiger partial charge in [-0.3, -0.25) is 29.9 Å². The zero-order valence-corrected chi connectivity index (χ0v) is 17.8. The number of non-ortho nitro benzene ring substituents is 2. The smallest absolute Gasteiger partial charge is 0.276 e. The molecule has 0 atom stereocenters. The molecule has 2 heterocycles. The highest BCUT2D eigenvalue weighted by molar-refractivity contribution is 5.93. The minimum atomic E-state index is -0.491. The Morgan fingerprint density at radius 1 is 0.970 bits per heavy atom. The zero-order chi connectivity index (χ0) is 23.5. The Morgan fingerprint density at radius 2 is 1.61 bits per heavy atom.